The highest BCUT2D eigenvalue weighted by Crippen LogP contribution is 2.19. The number of rotatable bonds is 7. The van der Waals surface area contributed by atoms with Gasteiger partial charge in [-0.2, -0.15) is 0 Å². The van der Waals surface area contributed by atoms with Gasteiger partial charge >= 0.3 is 5.97 Å². The van der Waals surface area contributed by atoms with Gasteiger partial charge in [0, 0.05) is 22.6 Å². The molecule has 2 aromatic rings. The van der Waals surface area contributed by atoms with Gasteiger partial charge in [0.15, 0.2) is 11.6 Å². The molecule has 0 N–H and O–H groups in total. The molecule has 0 saturated carbocycles. The van der Waals surface area contributed by atoms with E-state index in [2.05, 4.69) is 0 Å². The number of benzene rings is 2. The van der Waals surface area contributed by atoms with Gasteiger partial charge < -0.3 is 4.74 Å². The molecule has 0 amide bonds. The lowest BCUT2D eigenvalue weighted by Crippen LogP contribution is -2.29. The van der Waals surface area contributed by atoms with Gasteiger partial charge in [-0.05, 0) is 55.5 Å². The number of hydrogen-bond donors (Lipinski definition) is 0. The summed E-state index contributed by atoms with van der Waals surface area (Å²) in [6.07, 6.45) is -0.337. The van der Waals surface area contributed by atoms with Crippen LogP contribution in [0.2, 0.25) is 5.02 Å². The third kappa shape index (κ3) is 4.97. The van der Waals surface area contributed by atoms with Crippen LogP contribution in [0.5, 0.6) is 0 Å². The molecule has 1 atom stereocenters. The fourth-order valence-electron chi connectivity index (χ4n) is 2.28. The lowest BCUT2D eigenvalue weighted by Gasteiger charge is -2.14. The van der Waals surface area contributed by atoms with Crippen molar-refractivity contribution in [2.75, 3.05) is 6.61 Å². The van der Waals surface area contributed by atoms with Crippen LogP contribution in [0.3, 0.4) is 0 Å². The number of halogens is 2. The van der Waals surface area contributed by atoms with E-state index < -0.39 is 23.5 Å². The van der Waals surface area contributed by atoms with Crippen LogP contribution in [-0.2, 0) is 9.53 Å². The molecule has 2 rings (SSSR count). The topological polar surface area (TPSA) is 60.4 Å². The maximum atomic E-state index is 13.0. The number of esters is 1. The number of carbonyl (C=O) groups excluding carboxylic acids is 3. The first kappa shape index (κ1) is 18.8. The predicted octanol–water partition coefficient (Wildman–Crippen LogP) is 4.11. The van der Waals surface area contributed by atoms with E-state index in [0.717, 1.165) is 12.1 Å². The first-order chi connectivity index (χ1) is 11.9. The van der Waals surface area contributed by atoms with Crippen LogP contribution in [0, 0.1) is 11.7 Å². The Balaban J connectivity index is 2.24. The standard InChI is InChI=1S/C19H16ClFO4/c1-2-25-19(24)16(18(23)13-5-9-15(21)10-6-13)11-17(22)12-3-7-14(20)8-4-12/h3-10,16H,2,11H2,1H3/t16-/m1/s1. The van der Waals surface area contributed by atoms with E-state index in [1.807, 2.05) is 0 Å². The summed E-state index contributed by atoms with van der Waals surface area (Å²) in [4.78, 5) is 37.2. The number of hydrogen-bond acceptors (Lipinski definition) is 4. The minimum atomic E-state index is -1.28. The first-order valence-corrected chi connectivity index (χ1v) is 8.05. The first-order valence-electron chi connectivity index (χ1n) is 7.67. The van der Waals surface area contributed by atoms with Gasteiger partial charge in [-0.15, -0.1) is 0 Å². The maximum Gasteiger partial charge on any atom is 0.317 e. The summed E-state index contributed by atoms with van der Waals surface area (Å²) >= 11 is 5.79. The smallest absolute Gasteiger partial charge is 0.317 e. The van der Waals surface area contributed by atoms with Crippen molar-refractivity contribution in [1.29, 1.82) is 0 Å². The SMILES string of the molecule is CCOC(=O)[C@H](CC(=O)c1ccc(Cl)cc1)C(=O)c1ccc(F)cc1. The Morgan fingerprint density at radius 1 is 1.00 bits per heavy atom. The Morgan fingerprint density at radius 2 is 1.56 bits per heavy atom. The van der Waals surface area contributed by atoms with Crippen LogP contribution in [-0.4, -0.2) is 24.1 Å². The molecule has 0 saturated heterocycles. The average molecular weight is 363 g/mol. The quantitative estimate of drug-likeness (QED) is 0.422. The lowest BCUT2D eigenvalue weighted by molar-refractivity contribution is -0.146. The molecule has 6 heteroatoms. The van der Waals surface area contributed by atoms with Crippen LogP contribution in [0.4, 0.5) is 4.39 Å². The van der Waals surface area contributed by atoms with E-state index in [4.69, 9.17) is 16.3 Å². The minimum Gasteiger partial charge on any atom is -0.465 e. The van der Waals surface area contributed by atoms with E-state index in [-0.39, 0.29) is 24.4 Å². The summed E-state index contributed by atoms with van der Waals surface area (Å²) in [6, 6.07) is 10.9. The molecule has 0 aliphatic carbocycles. The Labute approximate surface area is 149 Å². The molecular formula is C19H16ClFO4. The summed E-state index contributed by atoms with van der Waals surface area (Å²) in [7, 11) is 0. The molecule has 0 aliphatic heterocycles. The van der Waals surface area contributed by atoms with Crippen molar-refractivity contribution in [1.82, 2.24) is 0 Å². The molecule has 0 unspecified atom stereocenters. The number of Topliss-reactive ketones (excluding diaryl/α,β-unsaturated/α-hetero) is 2. The van der Waals surface area contributed by atoms with Gasteiger partial charge in [0.1, 0.15) is 11.7 Å². The van der Waals surface area contributed by atoms with E-state index >= 15 is 0 Å². The number of ketones is 2. The highest BCUT2D eigenvalue weighted by Gasteiger charge is 2.31. The van der Waals surface area contributed by atoms with E-state index in [0.29, 0.717) is 10.6 Å². The second kappa shape index (κ2) is 8.53. The summed E-state index contributed by atoms with van der Waals surface area (Å²) in [5.41, 5.74) is 0.481. The van der Waals surface area contributed by atoms with Crippen LogP contribution in [0.1, 0.15) is 34.1 Å². The van der Waals surface area contributed by atoms with Gasteiger partial charge in [0.25, 0.3) is 0 Å². The molecular weight excluding hydrogens is 347 g/mol. The van der Waals surface area contributed by atoms with Gasteiger partial charge in [-0.1, -0.05) is 11.6 Å². The maximum absolute atomic E-state index is 13.0. The van der Waals surface area contributed by atoms with Crippen LogP contribution in [0.15, 0.2) is 48.5 Å². The third-order valence-corrected chi connectivity index (χ3v) is 3.82. The van der Waals surface area contributed by atoms with Crippen molar-refractivity contribution in [3.63, 3.8) is 0 Å². The molecule has 0 radical (unpaired) electrons. The Hall–Kier alpha value is -2.53. The summed E-state index contributed by atoms with van der Waals surface area (Å²) in [5, 5.41) is 0.473. The molecule has 4 nitrogen and oxygen atoms in total. The van der Waals surface area contributed by atoms with Gasteiger partial charge in [-0.25, -0.2) is 4.39 Å². The summed E-state index contributed by atoms with van der Waals surface area (Å²) in [6.45, 7) is 1.69. The Morgan fingerprint density at radius 3 is 2.12 bits per heavy atom. The van der Waals surface area contributed by atoms with Crippen molar-refractivity contribution < 1.29 is 23.5 Å². The minimum absolute atomic E-state index is 0.0845. The fourth-order valence-corrected chi connectivity index (χ4v) is 2.41. The normalized spacial score (nSPS) is 11.6. The zero-order chi connectivity index (χ0) is 18.4. The molecule has 0 spiro atoms. The van der Waals surface area contributed by atoms with Crippen LogP contribution in [0.25, 0.3) is 0 Å². The van der Waals surface area contributed by atoms with E-state index in [1.54, 1.807) is 19.1 Å². The molecule has 0 bridgehead atoms. The van der Waals surface area contributed by atoms with Gasteiger partial charge in [-0.3, -0.25) is 14.4 Å². The molecule has 0 fully saturated rings. The average Bonchev–Trinajstić information content (AvgIpc) is 2.60. The molecule has 2 aromatic carbocycles. The highest BCUT2D eigenvalue weighted by atomic mass is 35.5. The largest absolute Gasteiger partial charge is 0.465 e. The molecule has 130 valence electrons. The van der Waals surface area contributed by atoms with Crippen molar-refractivity contribution in [2.45, 2.75) is 13.3 Å². The third-order valence-electron chi connectivity index (χ3n) is 3.57. The number of carbonyl (C=O) groups is 3. The highest BCUT2D eigenvalue weighted by molar-refractivity contribution is 6.30. The van der Waals surface area contributed by atoms with Crippen molar-refractivity contribution >= 4 is 29.1 Å². The second-order valence-electron chi connectivity index (χ2n) is 5.31. The van der Waals surface area contributed by atoms with Crippen LogP contribution >= 0.6 is 11.6 Å². The van der Waals surface area contributed by atoms with E-state index in [9.17, 15) is 18.8 Å². The van der Waals surface area contributed by atoms with Crippen molar-refractivity contribution in [2.24, 2.45) is 5.92 Å². The Bertz CT molecular complexity index is 769. The van der Waals surface area contributed by atoms with Crippen molar-refractivity contribution in [3.8, 4) is 0 Å². The monoisotopic (exact) mass is 362 g/mol. The fraction of sp³-hybridized carbons (Fsp3) is 0.211. The summed E-state index contributed by atoms with van der Waals surface area (Å²) < 4.78 is 17.9. The van der Waals surface area contributed by atoms with Gasteiger partial charge in [0.2, 0.25) is 0 Å². The second-order valence-corrected chi connectivity index (χ2v) is 5.75. The predicted molar refractivity (Wildman–Crippen MR) is 91.3 cm³/mol. The van der Waals surface area contributed by atoms with E-state index in [1.165, 1.54) is 24.3 Å². The molecule has 0 aliphatic rings. The zero-order valence-electron chi connectivity index (χ0n) is 13.5. The Kier molecular flexibility index (Phi) is 6.42. The summed E-state index contributed by atoms with van der Waals surface area (Å²) in [5.74, 6) is -3.53. The zero-order valence-corrected chi connectivity index (χ0v) is 14.3. The van der Waals surface area contributed by atoms with Crippen LogP contribution < -0.4 is 0 Å². The molecule has 0 aromatic heterocycles. The molecule has 0 heterocycles. The number of ether oxygens (including phenoxy) is 1. The van der Waals surface area contributed by atoms with Gasteiger partial charge in [0.05, 0.1) is 6.61 Å². The lowest BCUT2D eigenvalue weighted by atomic mass is 9.91. The molecule has 25 heavy (non-hydrogen) atoms. The van der Waals surface area contributed by atoms with Crippen molar-refractivity contribution in [3.05, 3.63) is 70.5 Å².